The number of hydrogen-bond donors (Lipinski definition) is 2. The topological polar surface area (TPSA) is 55.1 Å². The molecule has 0 radical (unpaired) electrons. The number of benzene rings is 1. The van der Waals surface area contributed by atoms with Crippen LogP contribution in [0.25, 0.3) is 0 Å². The third kappa shape index (κ3) is 3.46. The fourth-order valence-corrected chi connectivity index (χ4v) is 1.78. The summed E-state index contributed by atoms with van der Waals surface area (Å²) in [5.74, 6) is -0.0552. The summed E-state index contributed by atoms with van der Waals surface area (Å²) in [6.45, 7) is 4.36. The molecule has 0 aliphatic rings. The van der Waals surface area contributed by atoms with Gasteiger partial charge in [-0.25, -0.2) is 0 Å². The average molecular weight is 318 g/mol. The molecule has 82 valence electrons. The number of amides is 1. The van der Waals surface area contributed by atoms with Crippen molar-refractivity contribution in [3.05, 3.63) is 32.9 Å². The first kappa shape index (κ1) is 12.4. The van der Waals surface area contributed by atoms with Crippen LogP contribution in [0.3, 0.4) is 0 Å². The van der Waals surface area contributed by atoms with Crippen LogP contribution >= 0.6 is 22.6 Å². The van der Waals surface area contributed by atoms with Crippen molar-refractivity contribution in [3.63, 3.8) is 0 Å². The molecule has 0 heterocycles. The van der Waals surface area contributed by atoms with Crippen molar-refractivity contribution < 1.29 is 4.79 Å². The third-order valence-corrected chi connectivity index (χ3v) is 3.45. The first-order chi connectivity index (χ1) is 7.02. The fourth-order valence-electron chi connectivity index (χ4n) is 1.17. The summed E-state index contributed by atoms with van der Waals surface area (Å²) >= 11 is 2.19. The molecule has 3 N–H and O–H groups in total. The second-order valence-electron chi connectivity index (χ2n) is 3.62. The molecule has 0 bridgehead atoms. The molecular formula is C11H15IN2O. The number of nitrogens with one attached hydrogen (secondary N) is 1. The van der Waals surface area contributed by atoms with Gasteiger partial charge in [-0.1, -0.05) is 12.1 Å². The first-order valence-corrected chi connectivity index (χ1v) is 5.89. The molecule has 4 heteroatoms. The second-order valence-corrected chi connectivity index (χ2v) is 4.70. The minimum atomic E-state index is -0.0552. The van der Waals surface area contributed by atoms with Gasteiger partial charge in [-0.05, 0) is 48.1 Å². The molecule has 1 aromatic carbocycles. The van der Waals surface area contributed by atoms with Crippen molar-refractivity contribution >= 4 is 28.5 Å². The van der Waals surface area contributed by atoms with Crippen LogP contribution in [0, 0.1) is 10.5 Å². The van der Waals surface area contributed by atoms with E-state index in [9.17, 15) is 4.79 Å². The molecular weight excluding hydrogens is 303 g/mol. The van der Waals surface area contributed by atoms with E-state index in [1.165, 1.54) is 0 Å². The summed E-state index contributed by atoms with van der Waals surface area (Å²) in [5, 5.41) is 2.80. The Hall–Kier alpha value is -0.620. The maximum atomic E-state index is 11.8. The molecule has 0 aliphatic heterocycles. The van der Waals surface area contributed by atoms with Crippen LogP contribution in [-0.4, -0.2) is 18.5 Å². The largest absolute Gasteiger partial charge is 0.350 e. The number of hydrogen-bond acceptors (Lipinski definition) is 2. The Bertz CT molecular complexity index is 364. The van der Waals surface area contributed by atoms with Crippen molar-refractivity contribution in [1.82, 2.24) is 5.32 Å². The van der Waals surface area contributed by atoms with Crippen LogP contribution in [0.1, 0.15) is 22.8 Å². The summed E-state index contributed by atoms with van der Waals surface area (Å²) < 4.78 is 0.997. The number of rotatable bonds is 3. The highest BCUT2D eigenvalue weighted by Crippen LogP contribution is 2.16. The number of carbonyl (C=O) groups excluding carboxylic acids is 1. The minimum Gasteiger partial charge on any atom is -0.350 e. The van der Waals surface area contributed by atoms with Gasteiger partial charge >= 0.3 is 0 Å². The Morgan fingerprint density at radius 3 is 2.87 bits per heavy atom. The van der Waals surface area contributed by atoms with Gasteiger partial charge in [0.2, 0.25) is 0 Å². The monoisotopic (exact) mass is 318 g/mol. The van der Waals surface area contributed by atoms with E-state index in [-0.39, 0.29) is 11.9 Å². The molecule has 3 nitrogen and oxygen atoms in total. The quantitative estimate of drug-likeness (QED) is 0.833. The molecule has 15 heavy (non-hydrogen) atoms. The summed E-state index contributed by atoms with van der Waals surface area (Å²) in [6.07, 6.45) is 0. The van der Waals surface area contributed by atoms with Gasteiger partial charge in [0.15, 0.2) is 0 Å². The van der Waals surface area contributed by atoms with E-state index < -0.39 is 0 Å². The first-order valence-electron chi connectivity index (χ1n) is 4.81. The highest BCUT2D eigenvalue weighted by Gasteiger charge is 2.10. The number of carbonyl (C=O) groups is 1. The normalized spacial score (nSPS) is 12.3. The molecule has 1 rings (SSSR count). The number of nitrogens with two attached hydrogens (primary N) is 1. The van der Waals surface area contributed by atoms with Gasteiger partial charge in [-0.3, -0.25) is 4.79 Å². The predicted molar refractivity (Wildman–Crippen MR) is 69.9 cm³/mol. The van der Waals surface area contributed by atoms with Crippen molar-refractivity contribution in [3.8, 4) is 0 Å². The lowest BCUT2D eigenvalue weighted by atomic mass is 10.1. The smallest absolute Gasteiger partial charge is 0.252 e. The van der Waals surface area contributed by atoms with Crippen LogP contribution < -0.4 is 11.1 Å². The van der Waals surface area contributed by atoms with E-state index in [1.54, 1.807) is 0 Å². The predicted octanol–water partition coefficient (Wildman–Crippen LogP) is 1.68. The average Bonchev–Trinajstić information content (AvgIpc) is 2.18. The maximum absolute atomic E-state index is 11.8. The molecule has 0 saturated carbocycles. The van der Waals surface area contributed by atoms with E-state index in [0.717, 1.165) is 14.7 Å². The van der Waals surface area contributed by atoms with E-state index in [1.807, 2.05) is 32.0 Å². The standard InChI is InChI=1S/C11H15IN2O/c1-7-4-3-5-9(10(7)12)11(15)14-6-8(2)13/h3-5,8H,6,13H2,1-2H3,(H,14,15). The number of halogens is 1. The van der Waals surface area contributed by atoms with E-state index in [2.05, 4.69) is 27.9 Å². The molecule has 0 aliphatic carbocycles. The zero-order valence-corrected chi connectivity index (χ0v) is 11.0. The zero-order valence-electron chi connectivity index (χ0n) is 8.88. The molecule has 0 saturated heterocycles. The van der Waals surface area contributed by atoms with E-state index >= 15 is 0 Å². The van der Waals surface area contributed by atoms with Gasteiger partial charge in [0, 0.05) is 16.2 Å². The minimum absolute atomic E-state index is 0.0172. The maximum Gasteiger partial charge on any atom is 0.252 e. The van der Waals surface area contributed by atoms with Crippen LogP contribution in [0.4, 0.5) is 0 Å². The van der Waals surface area contributed by atoms with Crippen molar-refractivity contribution in [1.29, 1.82) is 0 Å². The lowest BCUT2D eigenvalue weighted by Gasteiger charge is -2.10. The Kier molecular flexibility index (Phi) is 4.53. The third-order valence-electron chi connectivity index (χ3n) is 2.02. The lowest BCUT2D eigenvalue weighted by molar-refractivity contribution is 0.0950. The highest BCUT2D eigenvalue weighted by atomic mass is 127. The van der Waals surface area contributed by atoms with Gasteiger partial charge in [0.25, 0.3) is 5.91 Å². The number of aryl methyl sites for hydroxylation is 1. The van der Waals surface area contributed by atoms with Gasteiger partial charge in [0.05, 0.1) is 5.56 Å². The van der Waals surface area contributed by atoms with Crippen molar-refractivity contribution in [2.45, 2.75) is 19.9 Å². The molecule has 0 fully saturated rings. The summed E-state index contributed by atoms with van der Waals surface area (Å²) in [6, 6.07) is 5.68. The molecule has 1 atom stereocenters. The van der Waals surface area contributed by atoms with Crippen LogP contribution in [-0.2, 0) is 0 Å². The molecule has 1 amide bonds. The zero-order chi connectivity index (χ0) is 11.4. The molecule has 1 unspecified atom stereocenters. The van der Waals surface area contributed by atoms with Gasteiger partial charge < -0.3 is 11.1 Å². The summed E-state index contributed by atoms with van der Waals surface area (Å²) in [4.78, 5) is 11.8. The molecule has 0 aromatic heterocycles. The van der Waals surface area contributed by atoms with Gasteiger partial charge in [0.1, 0.15) is 0 Å². The summed E-state index contributed by atoms with van der Waals surface area (Å²) in [5.41, 5.74) is 7.40. The van der Waals surface area contributed by atoms with Crippen LogP contribution in [0.5, 0.6) is 0 Å². The van der Waals surface area contributed by atoms with E-state index in [4.69, 9.17) is 5.73 Å². The molecule has 0 spiro atoms. The Morgan fingerprint density at radius 1 is 1.60 bits per heavy atom. The Morgan fingerprint density at radius 2 is 2.27 bits per heavy atom. The molecule has 1 aromatic rings. The Balaban J connectivity index is 2.78. The van der Waals surface area contributed by atoms with Crippen LogP contribution in [0.15, 0.2) is 18.2 Å². The second kappa shape index (κ2) is 5.46. The van der Waals surface area contributed by atoms with Crippen molar-refractivity contribution in [2.24, 2.45) is 5.73 Å². The fraction of sp³-hybridized carbons (Fsp3) is 0.364. The lowest BCUT2D eigenvalue weighted by Crippen LogP contribution is -2.35. The Labute approximate surface area is 104 Å². The van der Waals surface area contributed by atoms with Gasteiger partial charge in [-0.15, -0.1) is 0 Å². The van der Waals surface area contributed by atoms with Gasteiger partial charge in [-0.2, -0.15) is 0 Å². The summed E-state index contributed by atoms with van der Waals surface area (Å²) in [7, 11) is 0. The van der Waals surface area contributed by atoms with Crippen LogP contribution in [0.2, 0.25) is 0 Å². The highest BCUT2D eigenvalue weighted by molar-refractivity contribution is 14.1. The van der Waals surface area contributed by atoms with Crippen molar-refractivity contribution in [2.75, 3.05) is 6.54 Å². The van der Waals surface area contributed by atoms with E-state index in [0.29, 0.717) is 6.54 Å². The SMILES string of the molecule is Cc1cccc(C(=O)NCC(C)N)c1I.